The fraction of sp³-hybridized carbons (Fsp3) is 0.650. The summed E-state index contributed by atoms with van der Waals surface area (Å²) in [5.74, 6) is 0.818. The highest BCUT2D eigenvalue weighted by molar-refractivity contribution is 5.94. The third-order valence-electron chi connectivity index (χ3n) is 5.67. The van der Waals surface area contributed by atoms with Crippen molar-refractivity contribution in [1.82, 2.24) is 10.2 Å². The highest BCUT2D eigenvalue weighted by Gasteiger charge is 2.32. The molecule has 4 rings (SSSR count). The number of nitrogens with zero attached hydrogens (tertiary/aromatic N) is 1. The van der Waals surface area contributed by atoms with Crippen LogP contribution in [-0.4, -0.2) is 55.3 Å². The summed E-state index contributed by atoms with van der Waals surface area (Å²) in [4.78, 5) is 14.8. The van der Waals surface area contributed by atoms with Gasteiger partial charge in [-0.15, -0.1) is 0 Å². The second-order valence-electron chi connectivity index (χ2n) is 7.51. The molecule has 1 aliphatic carbocycles. The molecule has 1 aromatic carbocycles. The molecule has 3 aliphatic rings. The van der Waals surface area contributed by atoms with Crippen LogP contribution in [-0.2, 0) is 4.74 Å². The average molecular weight is 344 g/mol. The maximum absolute atomic E-state index is 12.3. The topological polar surface area (TPSA) is 50.8 Å². The number of ether oxygens (including phenoxy) is 2. The first-order valence-electron chi connectivity index (χ1n) is 9.68. The first-order valence-corrected chi connectivity index (χ1v) is 9.68. The molecule has 0 unspecified atom stereocenters. The average Bonchev–Trinajstić information content (AvgIpc) is 3.31. The van der Waals surface area contributed by atoms with Gasteiger partial charge in [-0.3, -0.25) is 9.69 Å². The number of benzene rings is 1. The van der Waals surface area contributed by atoms with Gasteiger partial charge in [0.15, 0.2) is 0 Å². The largest absolute Gasteiger partial charge is 0.490 e. The Morgan fingerprint density at radius 1 is 1.16 bits per heavy atom. The second-order valence-corrected chi connectivity index (χ2v) is 7.51. The molecule has 0 radical (unpaired) electrons. The van der Waals surface area contributed by atoms with E-state index in [0.29, 0.717) is 24.3 Å². The number of nitrogens with one attached hydrogen (secondary N) is 1. The normalized spacial score (nSPS) is 27.2. The van der Waals surface area contributed by atoms with Crippen molar-refractivity contribution in [3.63, 3.8) is 0 Å². The fourth-order valence-electron chi connectivity index (χ4n) is 4.20. The SMILES string of the molecule is O=C(NC[C@H]1CN2CCC[C@@H]2CO1)c1ccc(OC2CCCC2)cc1. The monoisotopic (exact) mass is 344 g/mol. The zero-order valence-corrected chi connectivity index (χ0v) is 14.8. The molecule has 3 fully saturated rings. The molecule has 1 saturated carbocycles. The molecule has 1 N–H and O–H groups in total. The van der Waals surface area contributed by atoms with E-state index in [0.717, 1.165) is 31.7 Å². The number of rotatable bonds is 5. The molecule has 1 amide bonds. The van der Waals surface area contributed by atoms with E-state index >= 15 is 0 Å². The van der Waals surface area contributed by atoms with Crippen LogP contribution in [0.25, 0.3) is 0 Å². The molecule has 2 heterocycles. The third kappa shape index (κ3) is 4.15. The molecule has 0 aromatic heterocycles. The Hall–Kier alpha value is -1.59. The standard InChI is InChI=1S/C20H28N2O3/c23-20(21-12-19-13-22-11-3-4-16(22)14-24-19)15-7-9-18(10-8-15)25-17-5-1-2-6-17/h7-10,16-17,19H,1-6,11-14H2,(H,21,23)/t16-,19+/m1/s1. The van der Waals surface area contributed by atoms with Crippen LogP contribution in [0.15, 0.2) is 24.3 Å². The van der Waals surface area contributed by atoms with Gasteiger partial charge in [0.2, 0.25) is 0 Å². The van der Waals surface area contributed by atoms with E-state index in [2.05, 4.69) is 10.2 Å². The molecule has 5 nitrogen and oxygen atoms in total. The molecule has 25 heavy (non-hydrogen) atoms. The molecule has 0 spiro atoms. The Balaban J connectivity index is 1.24. The summed E-state index contributed by atoms with van der Waals surface area (Å²) < 4.78 is 11.8. The Morgan fingerprint density at radius 3 is 2.76 bits per heavy atom. The van der Waals surface area contributed by atoms with Crippen molar-refractivity contribution in [3.05, 3.63) is 29.8 Å². The lowest BCUT2D eigenvalue weighted by Gasteiger charge is -2.35. The molecular formula is C20H28N2O3. The Labute approximate surface area is 149 Å². The lowest BCUT2D eigenvalue weighted by Crippen LogP contribution is -2.50. The minimum Gasteiger partial charge on any atom is -0.490 e. The van der Waals surface area contributed by atoms with Crippen LogP contribution >= 0.6 is 0 Å². The number of hydrogen-bond acceptors (Lipinski definition) is 4. The second kappa shape index (κ2) is 7.75. The van der Waals surface area contributed by atoms with Crippen LogP contribution in [0.3, 0.4) is 0 Å². The Kier molecular flexibility index (Phi) is 5.22. The van der Waals surface area contributed by atoms with Crippen molar-refractivity contribution in [1.29, 1.82) is 0 Å². The van der Waals surface area contributed by atoms with Gasteiger partial charge >= 0.3 is 0 Å². The summed E-state index contributed by atoms with van der Waals surface area (Å²) in [6.07, 6.45) is 7.75. The highest BCUT2D eigenvalue weighted by Crippen LogP contribution is 2.24. The van der Waals surface area contributed by atoms with E-state index in [1.54, 1.807) is 0 Å². The molecule has 136 valence electrons. The molecule has 2 atom stereocenters. The summed E-state index contributed by atoms with van der Waals surface area (Å²) in [7, 11) is 0. The van der Waals surface area contributed by atoms with Crippen molar-refractivity contribution in [3.8, 4) is 5.75 Å². The van der Waals surface area contributed by atoms with Crippen LogP contribution in [0.2, 0.25) is 0 Å². The molecule has 5 heteroatoms. The van der Waals surface area contributed by atoms with Gasteiger partial charge in [-0.2, -0.15) is 0 Å². The highest BCUT2D eigenvalue weighted by atomic mass is 16.5. The number of amides is 1. The van der Waals surface area contributed by atoms with Gasteiger partial charge in [-0.25, -0.2) is 0 Å². The number of morpholine rings is 1. The molecule has 2 aliphatic heterocycles. The van der Waals surface area contributed by atoms with Crippen LogP contribution in [0.5, 0.6) is 5.75 Å². The van der Waals surface area contributed by atoms with E-state index in [1.165, 1.54) is 32.2 Å². The smallest absolute Gasteiger partial charge is 0.251 e. The Morgan fingerprint density at radius 2 is 1.96 bits per heavy atom. The molecule has 1 aromatic rings. The van der Waals surface area contributed by atoms with Crippen LogP contribution in [0.1, 0.15) is 48.9 Å². The first kappa shape index (κ1) is 16.9. The van der Waals surface area contributed by atoms with Crippen molar-refractivity contribution in [2.45, 2.75) is 56.8 Å². The molecule has 2 saturated heterocycles. The summed E-state index contributed by atoms with van der Waals surface area (Å²) in [5.41, 5.74) is 0.675. The summed E-state index contributed by atoms with van der Waals surface area (Å²) in [6, 6.07) is 8.09. The minimum absolute atomic E-state index is 0.0421. The molecular weight excluding hydrogens is 316 g/mol. The van der Waals surface area contributed by atoms with Crippen molar-refractivity contribution >= 4 is 5.91 Å². The number of fused-ring (bicyclic) bond motifs is 1. The minimum atomic E-state index is -0.0421. The Bertz CT molecular complexity index is 583. The van der Waals surface area contributed by atoms with Gasteiger partial charge in [-0.05, 0) is 69.3 Å². The van der Waals surface area contributed by atoms with Gasteiger partial charge in [0, 0.05) is 24.7 Å². The molecule has 0 bridgehead atoms. The quantitative estimate of drug-likeness (QED) is 0.892. The van der Waals surface area contributed by atoms with Gasteiger partial charge in [0.05, 0.1) is 18.8 Å². The predicted octanol–water partition coefficient (Wildman–Crippen LogP) is 2.60. The van der Waals surface area contributed by atoms with E-state index in [-0.39, 0.29) is 12.0 Å². The van der Waals surface area contributed by atoms with Crippen molar-refractivity contribution < 1.29 is 14.3 Å². The summed E-state index contributed by atoms with van der Waals surface area (Å²) >= 11 is 0. The van der Waals surface area contributed by atoms with Gasteiger partial charge in [-0.1, -0.05) is 0 Å². The number of hydrogen-bond donors (Lipinski definition) is 1. The summed E-state index contributed by atoms with van der Waals surface area (Å²) in [5, 5.41) is 3.01. The van der Waals surface area contributed by atoms with Crippen LogP contribution in [0, 0.1) is 0 Å². The zero-order valence-electron chi connectivity index (χ0n) is 14.8. The maximum atomic E-state index is 12.3. The number of carbonyl (C=O) groups is 1. The first-order chi connectivity index (χ1) is 12.3. The van der Waals surface area contributed by atoms with E-state index in [9.17, 15) is 4.79 Å². The van der Waals surface area contributed by atoms with Crippen molar-refractivity contribution in [2.24, 2.45) is 0 Å². The van der Waals surface area contributed by atoms with Gasteiger partial charge in [0.1, 0.15) is 5.75 Å². The predicted molar refractivity (Wildman–Crippen MR) is 96.0 cm³/mol. The lowest BCUT2D eigenvalue weighted by molar-refractivity contribution is -0.0461. The maximum Gasteiger partial charge on any atom is 0.251 e. The fourth-order valence-corrected chi connectivity index (χ4v) is 4.20. The van der Waals surface area contributed by atoms with E-state index in [1.807, 2.05) is 24.3 Å². The third-order valence-corrected chi connectivity index (χ3v) is 5.67. The lowest BCUT2D eigenvalue weighted by atomic mass is 10.1. The number of carbonyl (C=O) groups excluding carboxylic acids is 1. The van der Waals surface area contributed by atoms with E-state index < -0.39 is 0 Å². The summed E-state index contributed by atoms with van der Waals surface area (Å²) in [6.45, 7) is 3.47. The van der Waals surface area contributed by atoms with Gasteiger partial charge in [0.25, 0.3) is 5.91 Å². The van der Waals surface area contributed by atoms with E-state index in [4.69, 9.17) is 9.47 Å². The van der Waals surface area contributed by atoms with Crippen LogP contribution in [0.4, 0.5) is 0 Å². The van der Waals surface area contributed by atoms with Crippen molar-refractivity contribution in [2.75, 3.05) is 26.2 Å². The van der Waals surface area contributed by atoms with Gasteiger partial charge < -0.3 is 14.8 Å². The zero-order chi connectivity index (χ0) is 17.1. The van der Waals surface area contributed by atoms with Crippen LogP contribution < -0.4 is 10.1 Å².